The molecule has 0 fully saturated rings. The Kier molecular flexibility index (Phi) is 4.14. The van der Waals surface area contributed by atoms with Crippen molar-refractivity contribution in [2.24, 2.45) is 12.8 Å². The molecule has 3 aromatic heterocycles. The quantitative estimate of drug-likeness (QED) is 0.531. The molecule has 0 bridgehead atoms. The van der Waals surface area contributed by atoms with E-state index in [0.29, 0.717) is 11.2 Å². The van der Waals surface area contributed by atoms with Crippen LogP contribution in [0.25, 0.3) is 28.0 Å². The molecule has 1 amide bonds. The van der Waals surface area contributed by atoms with Crippen LogP contribution in [0.15, 0.2) is 48.8 Å². The summed E-state index contributed by atoms with van der Waals surface area (Å²) in [4.78, 5) is 15.6. The van der Waals surface area contributed by atoms with Gasteiger partial charge in [0.2, 0.25) is 0 Å². The number of amides is 1. The fraction of sp³-hybridized carbons (Fsp3) is 0.105. The van der Waals surface area contributed by atoms with Crippen molar-refractivity contribution < 1.29 is 22.4 Å². The smallest absolute Gasteiger partial charge is 0.364 e. The molecule has 0 aliphatic heterocycles. The van der Waals surface area contributed by atoms with Crippen molar-refractivity contribution in [2.45, 2.75) is 6.18 Å². The Hall–Kier alpha value is -3.69. The number of imidazole rings is 1. The molecule has 29 heavy (non-hydrogen) atoms. The number of fused-ring (bicyclic) bond motifs is 1. The zero-order valence-corrected chi connectivity index (χ0v) is 14.9. The Morgan fingerprint density at radius 2 is 1.72 bits per heavy atom. The summed E-state index contributed by atoms with van der Waals surface area (Å²) in [7, 11) is 1.18. The second-order valence-corrected chi connectivity index (χ2v) is 6.35. The molecule has 3 heterocycles. The summed E-state index contributed by atoms with van der Waals surface area (Å²) >= 11 is 0. The summed E-state index contributed by atoms with van der Waals surface area (Å²) in [5.74, 6) is -1.29. The number of alkyl halides is 3. The Labute approximate surface area is 161 Å². The number of aromatic nitrogens is 4. The van der Waals surface area contributed by atoms with Crippen LogP contribution >= 0.6 is 0 Å². The van der Waals surface area contributed by atoms with E-state index < -0.39 is 23.6 Å². The van der Waals surface area contributed by atoms with Crippen LogP contribution in [-0.2, 0) is 13.2 Å². The first-order valence-electron chi connectivity index (χ1n) is 8.34. The number of carbonyl (C=O) groups is 1. The van der Waals surface area contributed by atoms with Crippen LogP contribution in [0.2, 0.25) is 0 Å². The van der Waals surface area contributed by atoms with Gasteiger partial charge in [-0.15, -0.1) is 0 Å². The lowest BCUT2D eigenvalue weighted by Gasteiger charge is -2.11. The number of halogens is 4. The van der Waals surface area contributed by atoms with Crippen LogP contribution in [0, 0.1) is 5.82 Å². The number of nitrogens with zero attached hydrogens (tertiary/aromatic N) is 4. The lowest BCUT2D eigenvalue weighted by Crippen LogP contribution is -2.14. The maximum Gasteiger partial charge on any atom is 0.433 e. The van der Waals surface area contributed by atoms with E-state index in [4.69, 9.17) is 5.73 Å². The van der Waals surface area contributed by atoms with E-state index in [9.17, 15) is 22.4 Å². The number of hydrogen-bond acceptors (Lipinski definition) is 3. The normalized spacial score (nSPS) is 11.9. The molecule has 0 saturated carbocycles. The number of aryl methyl sites for hydroxylation is 1. The van der Waals surface area contributed by atoms with Gasteiger partial charge in [0.05, 0.1) is 6.20 Å². The van der Waals surface area contributed by atoms with Crippen molar-refractivity contribution in [3.8, 4) is 22.4 Å². The predicted octanol–water partition coefficient (Wildman–Crippen LogP) is 3.66. The summed E-state index contributed by atoms with van der Waals surface area (Å²) in [5, 5.41) is 4.04. The highest BCUT2D eigenvalue weighted by molar-refractivity contribution is 5.92. The molecule has 10 heteroatoms. The van der Waals surface area contributed by atoms with E-state index in [2.05, 4.69) is 10.1 Å². The van der Waals surface area contributed by atoms with E-state index in [-0.39, 0.29) is 22.5 Å². The first-order valence-corrected chi connectivity index (χ1v) is 8.34. The molecule has 0 atom stereocenters. The monoisotopic (exact) mass is 403 g/mol. The molecule has 0 unspecified atom stereocenters. The SMILES string of the molecule is Cn1nc(-c2ccc(F)cc2)c(-c2ccc3ncc(C(N)=O)n3c2)c1C(F)(F)F. The predicted molar refractivity (Wildman–Crippen MR) is 96.3 cm³/mol. The highest BCUT2D eigenvalue weighted by Gasteiger charge is 2.40. The van der Waals surface area contributed by atoms with Gasteiger partial charge in [0.25, 0.3) is 5.91 Å². The van der Waals surface area contributed by atoms with Crippen molar-refractivity contribution in [1.29, 1.82) is 0 Å². The molecule has 0 spiro atoms. The number of rotatable bonds is 3. The molecular weight excluding hydrogens is 390 g/mol. The Bertz CT molecular complexity index is 1240. The molecule has 1 aromatic carbocycles. The Morgan fingerprint density at radius 1 is 1.07 bits per heavy atom. The average molecular weight is 403 g/mol. The third-order valence-corrected chi connectivity index (χ3v) is 4.48. The number of pyridine rings is 1. The van der Waals surface area contributed by atoms with E-state index >= 15 is 0 Å². The van der Waals surface area contributed by atoms with Gasteiger partial charge in [0, 0.05) is 29.9 Å². The van der Waals surface area contributed by atoms with Crippen LogP contribution < -0.4 is 5.73 Å². The Balaban J connectivity index is 2.03. The average Bonchev–Trinajstić information content (AvgIpc) is 3.22. The molecule has 0 aliphatic carbocycles. The number of primary amides is 1. The summed E-state index contributed by atoms with van der Waals surface area (Å²) < 4.78 is 56.9. The number of carbonyl (C=O) groups excluding carboxylic acids is 1. The lowest BCUT2D eigenvalue weighted by atomic mass is 9.99. The number of nitrogens with two attached hydrogens (primary N) is 1. The minimum Gasteiger partial charge on any atom is -0.364 e. The van der Waals surface area contributed by atoms with Crippen molar-refractivity contribution in [3.05, 3.63) is 66.0 Å². The highest BCUT2D eigenvalue weighted by atomic mass is 19.4. The van der Waals surface area contributed by atoms with Crippen LogP contribution in [0.3, 0.4) is 0 Å². The van der Waals surface area contributed by atoms with Gasteiger partial charge >= 0.3 is 6.18 Å². The van der Waals surface area contributed by atoms with Crippen molar-refractivity contribution >= 4 is 11.6 Å². The zero-order chi connectivity index (χ0) is 20.9. The molecule has 0 radical (unpaired) electrons. The molecule has 2 N–H and O–H groups in total. The van der Waals surface area contributed by atoms with E-state index in [1.165, 1.54) is 48.1 Å². The molecule has 4 rings (SSSR count). The first kappa shape index (κ1) is 18.7. The fourth-order valence-electron chi connectivity index (χ4n) is 3.24. The summed E-state index contributed by atoms with van der Waals surface area (Å²) in [6.07, 6.45) is -2.11. The second-order valence-electron chi connectivity index (χ2n) is 6.35. The molecular formula is C19H13F4N5O. The van der Waals surface area contributed by atoms with Crippen LogP contribution in [0.1, 0.15) is 16.2 Å². The maximum atomic E-state index is 13.8. The second kappa shape index (κ2) is 6.43. The zero-order valence-electron chi connectivity index (χ0n) is 14.9. The van der Waals surface area contributed by atoms with Gasteiger partial charge in [0.1, 0.15) is 22.9 Å². The molecule has 6 nitrogen and oxygen atoms in total. The molecule has 4 aromatic rings. The van der Waals surface area contributed by atoms with Crippen molar-refractivity contribution in [2.75, 3.05) is 0 Å². The van der Waals surface area contributed by atoms with E-state index in [0.717, 1.165) is 16.8 Å². The number of benzene rings is 1. The summed E-state index contributed by atoms with van der Waals surface area (Å²) in [5.41, 5.74) is 5.02. The van der Waals surface area contributed by atoms with Gasteiger partial charge in [-0.1, -0.05) is 0 Å². The van der Waals surface area contributed by atoms with Crippen molar-refractivity contribution in [3.63, 3.8) is 0 Å². The van der Waals surface area contributed by atoms with Gasteiger partial charge in [-0.2, -0.15) is 18.3 Å². The van der Waals surface area contributed by atoms with Crippen LogP contribution in [0.5, 0.6) is 0 Å². The van der Waals surface area contributed by atoms with Crippen LogP contribution in [0.4, 0.5) is 17.6 Å². The maximum absolute atomic E-state index is 13.8. The minimum absolute atomic E-state index is 0.0277. The lowest BCUT2D eigenvalue weighted by molar-refractivity contribution is -0.143. The molecule has 0 saturated heterocycles. The van der Waals surface area contributed by atoms with Gasteiger partial charge in [0.15, 0.2) is 5.69 Å². The Morgan fingerprint density at radius 3 is 2.34 bits per heavy atom. The van der Waals surface area contributed by atoms with Crippen LogP contribution in [-0.4, -0.2) is 25.1 Å². The minimum atomic E-state index is -4.70. The third kappa shape index (κ3) is 3.12. The first-order chi connectivity index (χ1) is 13.7. The standard InChI is InChI=1S/C19H13F4N5O/c1-27-17(19(21,22)23)15(16(26-27)10-2-5-12(20)6-3-10)11-4-7-14-25-8-13(18(24)29)28(14)9-11/h2-9H,1H3,(H2,24,29). The van der Waals surface area contributed by atoms with E-state index in [1.54, 1.807) is 0 Å². The summed E-state index contributed by atoms with van der Waals surface area (Å²) in [6, 6.07) is 7.92. The van der Waals surface area contributed by atoms with Gasteiger partial charge in [-0.25, -0.2) is 9.37 Å². The number of hydrogen-bond donors (Lipinski definition) is 1. The van der Waals surface area contributed by atoms with Gasteiger partial charge in [-0.3, -0.25) is 13.9 Å². The van der Waals surface area contributed by atoms with Crippen molar-refractivity contribution in [1.82, 2.24) is 19.2 Å². The van der Waals surface area contributed by atoms with E-state index in [1.807, 2.05) is 0 Å². The fourth-order valence-corrected chi connectivity index (χ4v) is 3.24. The van der Waals surface area contributed by atoms with Gasteiger partial charge < -0.3 is 5.73 Å². The molecule has 0 aliphatic rings. The highest BCUT2D eigenvalue weighted by Crippen LogP contribution is 2.42. The largest absolute Gasteiger partial charge is 0.433 e. The molecule has 148 valence electrons. The van der Waals surface area contributed by atoms with Gasteiger partial charge in [-0.05, 0) is 36.4 Å². The third-order valence-electron chi connectivity index (χ3n) is 4.48. The summed E-state index contributed by atoms with van der Waals surface area (Å²) in [6.45, 7) is 0. The topological polar surface area (TPSA) is 78.2 Å².